The van der Waals surface area contributed by atoms with Crippen LogP contribution in [0.3, 0.4) is 0 Å². The Hall–Kier alpha value is -4.79. The lowest BCUT2D eigenvalue weighted by Gasteiger charge is -2.14. The molecule has 0 saturated carbocycles. The molecule has 2 aromatic carbocycles. The summed E-state index contributed by atoms with van der Waals surface area (Å²) in [5.74, 6) is 1.04. The van der Waals surface area contributed by atoms with Gasteiger partial charge in [0.25, 0.3) is 5.56 Å². The number of carbonyl (C=O) groups is 1. The highest BCUT2D eigenvalue weighted by atomic mass is 16.5. The van der Waals surface area contributed by atoms with Crippen molar-refractivity contribution in [1.29, 1.82) is 0 Å². The average Bonchev–Trinajstić information content (AvgIpc) is 2.89. The van der Waals surface area contributed by atoms with Crippen LogP contribution in [0.5, 0.6) is 11.5 Å². The number of pyridine rings is 1. The van der Waals surface area contributed by atoms with Crippen LogP contribution in [-0.4, -0.2) is 32.2 Å². The van der Waals surface area contributed by atoms with Gasteiger partial charge in [-0.2, -0.15) is 0 Å². The lowest BCUT2D eigenvalue weighted by Crippen LogP contribution is -2.26. The van der Waals surface area contributed by atoms with E-state index in [9.17, 15) is 9.59 Å². The van der Waals surface area contributed by atoms with E-state index >= 15 is 0 Å². The maximum atomic E-state index is 12.6. The van der Waals surface area contributed by atoms with Crippen LogP contribution in [0.2, 0.25) is 0 Å². The highest BCUT2D eigenvalue weighted by Gasteiger charge is 2.13. The van der Waals surface area contributed by atoms with Gasteiger partial charge in [0, 0.05) is 49.0 Å². The van der Waals surface area contributed by atoms with Gasteiger partial charge in [0.15, 0.2) is 0 Å². The van der Waals surface area contributed by atoms with E-state index in [0.717, 1.165) is 22.0 Å². The lowest BCUT2D eigenvalue weighted by molar-refractivity contribution is -0.119. The van der Waals surface area contributed by atoms with Crippen molar-refractivity contribution in [2.24, 2.45) is 17.8 Å². The van der Waals surface area contributed by atoms with Crippen molar-refractivity contribution in [1.82, 2.24) is 19.9 Å². The zero-order valence-corrected chi connectivity index (χ0v) is 22.7. The average molecular weight is 525 g/mol. The monoisotopic (exact) mass is 524 g/mol. The fraction of sp³-hybridized carbons (Fsp3) is 0.233. The van der Waals surface area contributed by atoms with Gasteiger partial charge < -0.3 is 20.4 Å². The Balaban J connectivity index is 1.54. The molecule has 2 heterocycles. The topological polar surface area (TPSA) is 124 Å². The van der Waals surface area contributed by atoms with Gasteiger partial charge in [-0.05, 0) is 63.1 Å². The van der Waals surface area contributed by atoms with Crippen molar-refractivity contribution < 1.29 is 9.53 Å². The third-order valence-electron chi connectivity index (χ3n) is 5.87. The number of nitrogens with two attached hydrogens (primary N) is 1. The van der Waals surface area contributed by atoms with E-state index in [1.54, 1.807) is 37.9 Å². The molecule has 0 aliphatic rings. The van der Waals surface area contributed by atoms with Crippen LogP contribution in [0, 0.1) is 6.92 Å². The zero-order chi connectivity index (χ0) is 28.2. The number of allylic oxidation sites excluding steroid dienone is 1. The van der Waals surface area contributed by atoms with Crippen LogP contribution in [-0.2, 0) is 18.3 Å². The summed E-state index contributed by atoms with van der Waals surface area (Å²) in [5, 5.41) is 3.54. The van der Waals surface area contributed by atoms with Crippen LogP contribution in [0.25, 0.3) is 22.2 Å². The number of nitrogens with zero attached hydrogens (tertiary/aromatic N) is 4. The Kier molecular flexibility index (Phi) is 7.90. The summed E-state index contributed by atoms with van der Waals surface area (Å²) in [6.45, 7) is 7.80. The molecular formula is C30H32N6O3. The number of ether oxygens (including phenoxy) is 1. The second-order valence-corrected chi connectivity index (χ2v) is 10.2. The van der Waals surface area contributed by atoms with Gasteiger partial charge in [-0.15, -0.1) is 0 Å². The fourth-order valence-corrected chi connectivity index (χ4v) is 3.88. The van der Waals surface area contributed by atoms with Gasteiger partial charge in [0.2, 0.25) is 5.91 Å². The normalized spacial score (nSPS) is 12.2. The van der Waals surface area contributed by atoms with Gasteiger partial charge in [0.1, 0.15) is 17.2 Å². The summed E-state index contributed by atoms with van der Waals surface area (Å²) in [7, 11) is 1.69. The van der Waals surface area contributed by atoms with Gasteiger partial charge >= 0.3 is 0 Å². The van der Waals surface area contributed by atoms with Gasteiger partial charge in [-0.25, -0.2) is 4.98 Å². The van der Waals surface area contributed by atoms with Gasteiger partial charge in [0.05, 0.1) is 23.2 Å². The van der Waals surface area contributed by atoms with Crippen LogP contribution in [0.4, 0.5) is 0 Å². The van der Waals surface area contributed by atoms with Gasteiger partial charge in [-0.1, -0.05) is 18.2 Å². The molecule has 0 saturated heterocycles. The Morgan fingerprint density at radius 2 is 1.90 bits per heavy atom. The first kappa shape index (κ1) is 27.3. The first-order chi connectivity index (χ1) is 18.5. The Morgan fingerprint density at radius 3 is 2.62 bits per heavy atom. The molecule has 0 spiro atoms. The van der Waals surface area contributed by atoms with E-state index in [-0.39, 0.29) is 23.4 Å². The smallest absolute Gasteiger partial charge is 0.276 e. The molecule has 9 nitrogen and oxygen atoms in total. The number of aryl methyl sites for hydroxylation is 2. The molecule has 0 bridgehead atoms. The highest BCUT2D eigenvalue weighted by Crippen LogP contribution is 2.33. The van der Waals surface area contributed by atoms with Crippen molar-refractivity contribution in [2.45, 2.75) is 39.7 Å². The predicted octanol–water partition coefficient (Wildman–Crippen LogP) is 4.42. The Bertz CT molecular complexity index is 1650. The van der Waals surface area contributed by atoms with Crippen molar-refractivity contribution in [3.63, 3.8) is 0 Å². The molecule has 4 aromatic rings. The summed E-state index contributed by atoms with van der Waals surface area (Å²) < 4.78 is 7.78. The van der Waals surface area contributed by atoms with E-state index in [2.05, 4.69) is 20.3 Å². The minimum Gasteiger partial charge on any atom is -0.456 e. The van der Waals surface area contributed by atoms with Crippen LogP contribution < -0.4 is 21.3 Å². The van der Waals surface area contributed by atoms with E-state index in [1.807, 2.05) is 64.1 Å². The van der Waals surface area contributed by atoms with Gasteiger partial charge in [-0.3, -0.25) is 19.6 Å². The molecule has 0 unspecified atom stereocenters. The maximum absolute atomic E-state index is 12.6. The van der Waals surface area contributed by atoms with E-state index in [4.69, 9.17) is 10.5 Å². The number of benzene rings is 2. The molecule has 0 aliphatic heterocycles. The number of nitrogens with one attached hydrogen (secondary N) is 1. The number of fused-ring (bicyclic) bond motifs is 1. The van der Waals surface area contributed by atoms with Crippen LogP contribution in [0.15, 0.2) is 82.7 Å². The minimum atomic E-state index is -0.275. The first-order valence-electron chi connectivity index (χ1n) is 12.5. The number of aromatic nitrogens is 3. The molecule has 9 heteroatoms. The molecule has 39 heavy (non-hydrogen) atoms. The molecule has 200 valence electrons. The standard InChI is InChI=1S/C30H32N6O3/c1-19-14-20(15-27(37)35-22(17-31)18-34-30(2,3)4)6-9-25(19)39-26-10-11-32-24-8-7-21(16-23(24)26)28-29(38)36(5)13-12-33-28/h6-14,16-18H,15,31H2,1-5H3,(H,35,37)/b22-17+,34-18?. The highest BCUT2D eigenvalue weighted by molar-refractivity contribution is 5.90. The van der Waals surface area contributed by atoms with Crippen molar-refractivity contribution in [3.8, 4) is 22.8 Å². The van der Waals surface area contributed by atoms with Crippen LogP contribution >= 0.6 is 0 Å². The SMILES string of the molecule is Cc1cc(CC(=O)N/C(C=NC(C)(C)C)=C/N)ccc1Oc1ccnc2ccc(-c3nccn(C)c3=O)cc12. The number of hydrogen-bond donors (Lipinski definition) is 2. The summed E-state index contributed by atoms with van der Waals surface area (Å²) in [6, 6.07) is 12.9. The molecule has 0 fully saturated rings. The van der Waals surface area contributed by atoms with E-state index in [0.29, 0.717) is 28.5 Å². The van der Waals surface area contributed by atoms with Crippen molar-refractivity contribution in [3.05, 3.63) is 94.4 Å². The number of hydrogen-bond acceptors (Lipinski definition) is 7. The lowest BCUT2D eigenvalue weighted by atomic mass is 10.1. The zero-order valence-electron chi connectivity index (χ0n) is 22.7. The first-order valence-corrected chi connectivity index (χ1v) is 12.5. The molecule has 3 N–H and O–H groups in total. The number of carbonyl (C=O) groups excluding carboxylic acids is 1. The molecule has 1 amide bonds. The fourth-order valence-electron chi connectivity index (χ4n) is 3.88. The second-order valence-electron chi connectivity index (χ2n) is 10.2. The Labute approximate surface area is 227 Å². The van der Waals surface area contributed by atoms with Crippen LogP contribution in [0.1, 0.15) is 31.9 Å². The quantitative estimate of drug-likeness (QED) is 0.345. The second kappa shape index (κ2) is 11.3. The maximum Gasteiger partial charge on any atom is 0.276 e. The molecule has 4 rings (SSSR count). The number of amides is 1. The molecule has 2 aromatic heterocycles. The van der Waals surface area contributed by atoms with E-state index < -0.39 is 0 Å². The summed E-state index contributed by atoms with van der Waals surface area (Å²) in [6.07, 6.45) is 7.95. The third kappa shape index (κ3) is 6.75. The number of rotatable bonds is 7. The van der Waals surface area contributed by atoms with Crippen molar-refractivity contribution >= 4 is 23.0 Å². The number of aliphatic imine (C=N–C) groups is 1. The summed E-state index contributed by atoms with van der Waals surface area (Å²) in [5.41, 5.74) is 9.09. The summed E-state index contributed by atoms with van der Waals surface area (Å²) in [4.78, 5) is 38.3. The van der Waals surface area contributed by atoms with Crippen molar-refractivity contribution in [2.75, 3.05) is 0 Å². The largest absolute Gasteiger partial charge is 0.456 e. The molecular weight excluding hydrogens is 492 g/mol. The third-order valence-corrected chi connectivity index (χ3v) is 5.87. The molecule has 0 radical (unpaired) electrons. The molecule has 0 atom stereocenters. The Morgan fingerprint density at radius 1 is 1.10 bits per heavy atom. The minimum absolute atomic E-state index is 0.169. The summed E-state index contributed by atoms with van der Waals surface area (Å²) >= 11 is 0. The molecule has 0 aliphatic carbocycles. The predicted molar refractivity (Wildman–Crippen MR) is 154 cm³/mol. The van der Waals surface area contributed by atoms with E-state index in [1.165, 1.54) is 10.8 Å².